The fourth-order valence-electron chi connectivity index (χ4n) is 2.18. The van der Waals surface area contributed by atoms with Crippen LogP contribution in [-0.2, 0) is 14.3 Å². The molecular weight excluding hydrogens is 384 g/mol. The minimum atomic E-state index is -0.954. The van der Waals surface area contributed by atoms with Gasteiger partial charge in [-0.3, -0.25) is 14.4 Å². The standard InChI is InChI=1S/C20H21ClN2O5/c1-13(24)15-5-8-17(9-6-15)27-11-3-4-19(25)28-14(2)20(26)23-18-10-7-16(21)12-22-18/h5-10,12,14H,3-4,11H2,1-2H3,(H,22,23,26). The third kappa shape index (κ3) is 7.00. The fraction of sp³-hybridized carbons (Fsp3) is 0.300. The summed E-state index contributed by atoms with van der Waals surface area (Å²) < 4.78 is 10.6. The van der Waals surface area contributed by atoms with Crippen molar-refractivity contribution >= 4 is 35.1 Å². The van der Waals surface area contributed by atoms with Gasteiger partial charge in [-0.1, -0.05) is 11.6 Å². The van der Waals surface area contributed by atoms with Crippen molar-refractivity contribution in [1.29, 1.82) is 0 Å². The van der Waals surface area contributed by atoms with E-state index in [2.05, 4.69) is 10.3 Å². The van der Waals surface area contributed by atoms with Crippen LogP contribution in [0.2, 0.25) is 5.02 Å². The van der Waals surface area contributed by atoms with Crippen molar-refractivity contribution in [2.45, 2.75) is 32.8 Å². The molecule has 7 nitrogen and oxygen atoms in total. The van der Waals surface area contributed by atoms with E-state index in [1.807, 2.05) is 0 Å². The predicted octanol–water partition coefficient (Wildman–Crippen LogP) is 3.67. The maximum absolute atomic E-state index is 12.0. The Bertz CT molecular complexity index is 821. The second-order valence-electron chi connectivity index (χ2n) is 6.02. The summed E-state index contributed by atoms with van der Waals surface area (Å²) in [5.41, 5.74) is 0.608. The number of Topliss-reactive ketones (excluding diaryl/α,β-unsaturated/α-hetero) is 1. The molecule has 148 valence electrons. The molecule has 0 bridgehead atoms. The van der Waals surface area contributed by atoms with E-state index in [-0.39, 0.29) is 12.2 Å². The smallest absolute Gasteiger partial charge is 0.306 e. The predicted molar refractivity (Wildman–Crippen MR) is 105 cm³/mol. The van der Waals surface area contributed by atoms with Crippen molar-refractivity contribution in [3.05, 3.63) is 53.2 Å². The van der Waals surface area contributed by atoms with Gasteiger partial charge in [0.05, 0.1) is 11.6 Å². The lowest BCUT2D eigenvalue weighted by Crippen LogP contribution is -2.30. The molecule has 0 fully saturated rings. The van der Waals surface area contributed by atoms with Crippen LogP contribution in [0.15, 0.2) is 42.6 Å². The number of esters is 1. The van der Waals surface area contributed by atoms with E-state index in [1.165, 1.54) is 20.0 Å². The first kappa shape index (κ1) is 21.4. The number of carbonyl (C=O) groups excluding carboxylic acids is 3. The number of rotatable bonds is 9. The third-order valence-electron chi connectivity index (χ3n) is 3.71. The molecule has 1 heterocycles. The van der Waals surface area contributed by atoms with Crippen LogP contribution >= 0.6 is 11.6 Å². The number of amides is 1. The molecule has 1 unspecified atom stereocenters. The van der Waals surface area contributed by atoms with Crippen LogP contribution in [0.1, 0.15) is 37.0 Å². The number of benzene rings is 1. The van der Waals surface area contributed by atoms with Crippen LogP contribution in [0.3, 0.4) is 0 Å². The lowest BCUT2D eigenvalue weighted by Gasteiger charge is -2.13. The molecular formula is C20H21ClN2O5. The van der Waals surface area contributed by atoms with Crippen LogP contribution in [-0.4, -0.2) is 35.4 Å². The Labute approximate surface area is 168 Å². The van der Waals surface area contributed by atoms with Crippen LogP contribution < -0.4 is 10.1 Å². The van der Waals surface area contributed by atoms with E-state index in [0.717, 1.165) is 0 Å². The monoisotopic (exact) mass is 404 g/mol. The Morgan fingerprint density at radius 3 is 2.46 bits per heavy atom. The summed E-state index contributed by atoms with van der Waals surface area (Å²) in [6.07, 6.45) is 0.995. The Kier molecular flexibility index (Phi) is 7.95. The third-order valence-corrected chi connectivity index (χ3v) is 3.93. The van der Waals surface area contributed by atoms with Crippen molar-refractivity contribution in [2.24, 2.45) is 0 Å². The lowest BCUT2D eigenvalue weighted by atomic mass is 10.1. The average Bonchev–Trinajstić information content (AvgIpc) is 2.67. The van der Waals surface area contributed by atoms with Gasteiger partial charge in [0, 0.05) is 18.2 Å². The van der Waals surface area contributed by atoms with E-state index in [0.29, 0.717) is 35.2 Å². The number of hydrogen-bond acceptors (Lipinski definition) is 6. The van der Waals surface area contributed by atoms with E-state index < -0.39 is 18.0 Å². The van der Waals surface area contributed by atoms with Crippen molar-refractivity contribution in [3.8, 4) is 5.75 Å². The molecule has 0 aliphatic carbocycles. The molecule has 8 heteroatoms. The average molecular weight is 405 g/mol. The minimum absolute atomic E-state index is 0.0145. The number of hydrogen-bond donors (Lipinski definition) is 1. The number of pyridine rings is 1. The molecule has 1 aromatic heterocycles. The van der Waals surface area contributed by atoms with Crippen LogP contribution in [0, 0.1) is 0 Å². The first-order valence-electron chi connectivity index (χ1n) is 8.71. The van der Waals surface area contributed by atoms with Gasteiger partial charge in [0.15, 0.2) is 11.9 Å². The van der Waals surface area contributed by atoms with Gasteiger partial charge in [-0.15, -0.1) is 0 Å². The number of carbonyl (C=O) groups is 3. The fourth-order valence-corrected chi connectivity index (χ4v) is 2.29. The van der Waals surface area contributed by atoms with Crippen molar-refractivity contribution in [2.75, 3.05) is 11.9 Å². The van der Waals surface area contributed by atoms with Crippen LogP contribution in [0.25, 0.3) is 0 Å². The Morgan fingerprint density at radius 2 is 1.86 bits per heavy atom. The summed E-state index contributed by atoms with van der Waals surface area (Å²) in [5, 5.41) is 2.99. The molecule has 0 spiro atoms. The molecule has 1 amide bonds. The molecule has 0 radical (unpaired) electrons. The van der Waals surface area contributed by atoms with Crippen molar-refractivity contribution < 1.29 is 23.9 Å². The summed E-state index contributed by atoms with van der Waals surface area (Å²) in [5.74, 6) is -0.0606. The summed E-state index contributed by atoms with van der Waals surface area (Å²) in [6, 6.07) is 9.91. The molecule has 0 aliphatic heterocycles. The molecule has 28 heavy (non-hydrogen) atoms. The SMILES string of the molecule is CC(=O)c1ccc(OCCCC(=O)OC(C)C(=O)Nc2ccc(Cl)cn2)cc1. The summed E-state index contributed by atoms with van der Waals surface area (Å²) >= 11 is 5.73. The van der Waals surface area contributed by atoms with E-state index in [1.54, 1.807) is 36.4 Å². The number of anilines is 1. The molecule has 0 saturated carbocycles. The van der Waals surface area contributed by atoms with Gasteiger partial charge in [-0.05, 0) is 56.7 Å². The summed E-state index contributed by atoms with van der Waals surface area (Å²) in [6.45, 7) is 3.29. The molecule has 1 atom stereocenters. The number of aromatic nitrogens is 1. The second kappa shape index (κ2) is 10.4. The number of ketones is 1. The number of halogens is 1. The lowest BCUT2D eigenvalue weighted by molar-refractivity contribution is -0.153. The first-order chi connectivity index (χ1) is 13.3. The number of nitrogens with one attached hydrogen (secondary N) is 1. The van der Waals surface area contributed by atoms with E-state index >= 15 is 0 Å². The normalized spacial score (nSPS) is 11.4. The molecule has 1 aromatic carbocycles. The highest BCUT2D eigenvalue weighted by molar-refractivity contribution is 6.30. The highest BCUT2D eigenvalue weighted by Crippen LogP contribution is 2.13. The van der Waals surface area contributed by atoms with Gasteiger partial charge in [0.1, 0.15) is 11.6 Å². The van der Waals surface area contributed by atoms with Gasteiger partial charge in [-0.25, -0.2) is 4.98 Å². The van der Waals surface area contributed by atoms with Crippen LogP contribution in [0.5, 0.6) is 5.75 Å². The minimum Gasteiger partial charge on any atom is -0.494 e. The zero-order chi connectivity index (χ0) is 20.5. The van der Waals surface area contributed by atoms with E-state index in [4.69, 9.17) is 21.1 Å². The van der Waals surface area contributed by atoms with Crippen molar-refractivity contribution in [3.63, 3.8) is 0 Å². The Balaban J connectivity index is 1.67. The van der Waals surface area contributed by atoms with Crippen LogP contribution in [0.4, 0.5) is 5.82 Å². The zero-order valence-corrected chi connectivity index (χ0v) is 16.4. The first-order valence-corrected chi connectivity index (χ1v) is 9.08. The Hall–Kier alpha value is -2.93. The van der Waals surface area contributed by atoms with Gasteiger partial charge >= 0.3 is 5.97 Å². The van der Waals surface area contributed by atoms with Gasteiger partial charge in [0.25, 0.3) is 5.91 Å². The molecule has 1 N–H and O–H groups in total. The molecule has 2 rings (SSSR count). The van der Waals surface area contributed by atoms with Gasteiger partial charge in [-0.2, -0.15) is 0 Å². The number of ether oxygens (including phenoxy) is 2. The molecule has 0 saturated heterocycles. The summed E-state index contributed by atoms with van der Waals surface area (Å²) in [7, 11) is 0. The molecule has 2 aromatic rings. The highest BCUT2D eigenvalue weighted by atomic mass is 35.5. The van der Waals surface area contributed by atoms with Gasteiger partial charge < -0.3 is 14.8 Å². The summed E-state index contributed by atoms with van der Waals surface area (Å²) in [4.78, 5) is 39.0. The maximum Gasteiger partial charge on any atom is 0.306 e. The highest BCUT2D eigenvalue weighted by Gasteiger charge is 2.18. The van der Waals surface area contributed by atoms with E-state index in [9.17, 15) is 14.4 Å². The van der Waals surface area contributed by atoms with Gasteiger partial charge in [0.2, 0.25) is 0 Å². The Morgan fingerprint density at radius 1 is 1.14 bits per heavy atom. The number of nitrogens with zero attached hydrogens (tertiary/aromatic N) is 1. The zero-order valence-electron chi connectivity index (χ0n) is 15.6. The quantitative estimate of drug-likeness (QED) is 0.389. The van der Waals surface area contributed by atoms with Crippen molar-refractivity contribution in [1.82, 2.24) is 4.98 Å². The maximum atomic E-state index is 12.0. The second-order valence-corrected chi connectivity index (χ2v) is 6.45. The topological polar surface area (TPSA) is 94.6 Å². The largest absolute Gasteiger partial charge is 0.494 e. The molecule has 0 aliphatic rings.